The second-order valence-corrected chi connectivity index (χ2v) is 4.59. The molecule has 2 aromatic heterocycles. The Hall–Kier alpha value is -3.20. The molecule has 21 heavy (non-hydrogen) atoms. The predicted octanol–water partition coefficient (Wildman–Crippen LogP) is 3.09. The predicted molar refractivity (Wildman–Crippen MR) is 76.7 cm³/mol. The average molecular weight is 278 g/mol. The molecule has 6 heteroatoms. The van der Waals surface area contributed by atoms with Crippen LogP contribution in [0.4, 0.5) is 5.69 Å². The standard InChI is InChI=1S/C15H10N4O2/c1-10-4-2-7-14-17-15(13(9-16)18(10)14)11-5-3-6-12(8-11)19(20)21/h2-8H,1H3. The molecule has 3 rings (SSSR count). The van der Waals surface area contributed by atoms with Gasteiger partial charge in [-0.2, -0.15) is 5.26 Å². The largest absolute Gasteiger partial charge is 0.288 e. The van der Waals surface area contributed by atoms with E-state index in [-0.39, 0.29) is 5.69 Å². The number of rotatable bonds is 2. The van der Waals surface area contributed by atoms with Crippen molar-refractivity contribution in [2.75, 3.05) is 0 Å². The van der Waals surface area contributed by atoms with E-state index in [9.17, 15) is 15.4 Å². The molecule has 3 aromatic rings. The summed E-state index contributed by atoms with van der Waals surface area (Å²) in [5, 5.41) is 20.3. The smallest absolute Gasteiger partial charge is 0.270 e. The maximum Gasteiger partial charge on any atom is 0.270 e. The lowest BCUT2D eigenvalue weighted by molar-refractivity contribution is -0.384. The molecular formula is C15H10N4O2. The maximum atomic E-state index is 10.9. The Morgan fingerprint density at radius 2 is 2.05 bits per heavy atom. The first-order valence-corrected chi connectivity index (χ1v) is 6.25. The molecule has 0 atom stereocenters. The average Bonchev–Trinajstić information content (AvgIpc) is 2.87. The number of aromatic nitrogens is 2. The van der Waals surface area contributed by atoms with Crippen LogP contribution in [0.2, 0.25) is 0 Å². The van der Waals surface area contributed by atoms with E-state index in [0.717, 1.165) is 5.69 Å². The molecule has 0 bridgehead atoms. The highest BCUT2D eigenvalue weighted by atomic mass is 16.6. The van der Waals surface area contributed by atoms with Crippen LogP contribution in [0, 0.1) is 28.4 Å². The Labute approximate surface area is 120 Å². The number of nitro benzene ring substituents is 1. The Morgan fingerprint density at radius 3 is 2.76 bits per heavy atom. The van der Waals surface area contributed by atoms with Crippen LogP contribution in [0.5, 0.6) is 0 Å². The molecule has 0 aliphatic carbocycles. The summed E-state index contributed by atoms with van der Waals surface area (Å²) in [4.78, 5) is 14.9. The molecule has 0 saturated heterocycles. The Morgan fingerprint density at radius 1 is 1.29 bits per heavy atom. The fourth-order valence-electron chi connectivity index (χ4n) is 2.33. The number of nitro groups is 1. The third kappa shape index (κ3) is 2.01. The van der Waals surface area contributed by atoms with Gasteiger partial charge < -0.3 is 0 Å². The van der Waals surface area contributed by atoms with Crippen molar-refractivity contribution in [1.82, 2.24) is 9.38 Å². The van der Waals surface area contributed by atoms with E-state index in [1.54, 1.807) is 22.6 Å². The van der Waals surface area contributed by atoms with E-state index in [1.807, 2.05) is 19.1 Å². The van der Waals surface area contributed by atoms with E-state index in [1.165, 1.54) is 12.1 Å². The molecule has 0 radical (unpaired) electrons. The van der Waals surface area contributed by atoms with E-state index in [0.29, 0.717) is 22.6 Å². The molecule has 0 amide bonds. The number of pyridine rings is 1. The van der Waals surface area contributed by atoms with Gasteiger partial charge in [-0.1, -0.05) is 18.2 Å². The van der Waals surface area contributed by atoms with E-state index in [4.69, 9.17) is 0 Å². The van der Waals surface area contributed by atoms with Gasteiger partial charge in [0.15, 0.2) is 5.69 Å². The van der Waals surface area contributed by atoms with E-state index in [2.05, 4.69) is 11.1 Å². The molecule has 0 unspecified atom stereocenters. The number of hydrogen-bond acceptors (Lipinski definition) is 4. The highest BCUT2D eigenvalue weighted by molar-refractivity contribution is 5.71. The third-order valence-electron chi connectivity index (χ3n) is 3.28. The molecule has 6 nitrogen and oxygen atoms in total. The summed E-state index contributed by atoms with van der Waals surface area (Å²) in [6, 6.07) is 13.8. The van der Waals surface area contributed by atoms with Crippen molar-refractivity contribution in [2.24, 2.45) is 0 Å². The number of hydrogen-bond donors (Lipinski definition) is 0. The van der Waals surface area contributed by atoms with Gasteiger partial charge in [-0.05, 0) is 19.1 Å². The van der Waals surface area contributed by atoms with Crippen LogP contribution < -0.4 is 0 Å². The Kier molecular flexibility index (Phi) is 2.88. The van der Waals surface area contributed by atoms with Gasteiger partial charge in [0.1, 0.15) is 17.4 Å². The summed E-state index contributed by atoms with van der Waals surface area (Å²) in [6.07, 6.45) is 0. The number of nitrogens with zero attached hydrogens (tertiary/aromatic N) is 4. The van der Waals surface area contributed by atoms with E-state index < -0.39 is 4.92 Å². The molecular weight excluding hydrogens is 268 g/mol. The Bertz CT molecular complexity index is 906. The molecule has 2 heterocycles. The first-order valence-electron chi connectivity index (χ1n) is 6.25. The van der Waals surface area contributed by atoms with Crippen LogP contribution in [-0.2, 0) is 0 Å². The van der Waals surface area contributed by atoms with Crippen LogP contribution in [-0.4, -0.2) is 14.3 Å². The van der Waals surface area contributed by atoms with E-state index >= 15 is 0 Å². The number of imidazole rings is 1. The van der Waals surface area contributed by atoms with Crippen LogP contribution in [0.25, 0.3) is 16.9 Å². The summed E-state index contributed by atoms with van der Waals surface area (Å²) in [5.74, 6) is 0. The lowest BCUT2D eigenvalue weighted by atomic mass is 10.1. The van der Waals surface area contributed by atoms with Crippen molar-refractivity contribution >= 4 is 11.3 Å². The molecule has 0 aliphatic heterocycles. The molecule has 1 aromatic carbocycles. The maximum absolute atomic E-state index is 10.9. The highest BCUT2D eigenvalue weighted by Gasteiger charge is 2.16. The van der Waals surface area contributed by atoms with Crippen LogP contribution in [0.3, 0.4) is 0 Å². The van der Waals surface area contributed by atoms with Crippen LogP contribution in [0.1, 0.15) is 11.4 Å². The zero-order valence-electron chi connectivity index (χ0n) is 11.1. The molecule has 102 valence electrons. The minimum Gasteiger partial charge on any atom is -0.288 e. The summed E-state index contributed by atoms with van der Waals surface area (Å²) in [6.45, 7) is 1.88. The fourth-order valence-corrected chi connectivity index (χ4v) is 2.33. The highest BCUT2D eigenvalue weighted by Crippen LogP contribution is 2.27. The zero-order chi connectivity index (χ0) is 15.0. The van der Waals surface area contributed by atoms with Gasteiger partial charge in [0.05, 0.1) is 4.92 Å². The van der Waals surface area contributed by atoms with Crippen molar-refractivity contribution in [1.29, 1.82) is 5.26 Å². The lowest BCUT2D eigenvalue weighted by Gasteiger charge is -2.00. The number of benzene rings is 1. The van der Waals surface area contributed by atoms with Crippen molar-refractivity contribution in [3.8, 4) is 17.3 Å². The fraction of sp³-hybridized carbons (Fsp3) is 0.0667. The van der Waals surface area contributed by atoms with Gasteiger partial charge in [-0.25, -0.2) is 4.98 Å². The number of aryl methyl sites for hydroxylation is 1. The van der Waals surface area contributed by atoms with Gasteiger partial charge in [0.2, 0.25) is 0 Å². The van der Waals surface area contributed by atoms with Crippen LogP contribution in [0.15, 0.2) is 42.5 Å². The third-order valence-corrected chi connectivity index (χ3v) is 3.28. The zero-order valence-corrected chi connectivity index (χ0v) is 11.1. The van der Waals surface area contributed by atoms with Gasteiger partial charge in [0, 0.05) is 23.4 Å². The minimum atomic E-state index is -0.462. The molecule has 0 aliphatic rings. The van der Waals surface area contributed by atoms with Crippen molar-refractivity contribution < 1.29 is 4.92 Å². The molecule has 0 N–H and O–H groups in total. The number of fused-ring (bicyclic) bond motifs is 1. The van der Waals surface area contributed by atoms with Gasteiger partial charge in [-0.15, -0.1) is 0 Å². The molecule has 0 spiro atoms. The normalized spacial score (nSPS) is 10.5. The van der Waals surface area contributed by atoms with Crippen LogP contribution >= 0.6 is 0 Å². The summed E-state index contributed by atoms with van der Waals surface area (Å²) >= 11 is 0. The van der Waals surface area contributed by atoms with Crippen molar-refractivity contribution in [3.63, 3.8) is 0 Å². The summed E-state index contributed by atoms with van der Waals surface area (Å²) < 4.78 is 1.74. The Balaban J connectivity index is 2.31. The van der Waals surface area contributed by atoms with Crippen molar-refractivity contribution in [2.45, 2.75) is 6.92 Å². The van der Waals surface area contributed by atoms with Gasteiger partial charge in [0.25, 0.3) is 5.69 Å². The van der Waals surface area contributed by atoms with Crippen molar-refractivity contribution in [3.05, 3.63) is 64.0 Å². The molecule has 0 saturated carbocycles. The van der Waals surface area contributed by atoms with Gasteiger partial charge in [-0.3, -0.25) is 14.5 Å². The SMILES string of the molecule is Cc1cccc2nc(-c3cccc([N+](=O)[O-])c3)c(C#N)n12. The lowest BCUT2D eigenvalue weighted by Crippen LogP contribution is -1.94. The summed E-state index contributed by atoms with van der Waals surface area (Å²) in [7, 11) is 0. The first kappa shape index (κ1) is 12.8. The monoisotopic (exact) mass is 278 g/mol. The number of nitriles is 1. The quantitative estimate of drug-likeness (QED) is 0.532. The molecule has 0 fully saturated rings. The number of non-ortho nitro benzene ring substituents is 1. The second-order valence-electron chi connectivity index (χ2n) is 4.59. The van der Waals surface area contributed by atoms with Gasteiger partial charge >= 0.3 is 0 Å². The first-order chi connectivity index (χ1) is 10.1. The second kappa shape index (κ2) is 4.72. The summed E-state index contributed by atoms with van der Waals surface area (Å²) in [5.41, 5.74) is 2.90. The minimum absolute atomic E-state index is 0.0230. The topological polar surface area (TPSA) is 84.2 Å².